The maximum atomic E-state index is 14.0. The molecule has 1 atom stereocenters. The van der Waals surface area contributed by atoms with Gasteiger partial charge in [0.25, 0.3) is 5.91 Å². The van der Waals surface area contributed by atoms with Gasteiger partial charge in [-0.25, -0.2) is 0 Å². The Morgan fingerprint density at radius 3 is 2.34 bits per heavy atom. The van der Waals surface area contributed by atoms with Gasteiger partial charge in [-0.05, 0) is 34.4 Å². The molecular formula is C32H34N2O4. The largest absolute Gasteiger partial charge is 0.450 e. The molecule has 6 rings (SSSR count). The van der Waals surface area contributed by atoms with E-state index in [0.29, 0.717) is 23.1 Å². The summed E-state index contributed by atoms with van der Waals surface area (Å²) in [6, 6.07) is 19.5. The van der Waals surface area contributed by atoms with Crippen LogP contribution >= 0.6 is 0 Å². The van der Waals surface area contributed by atoms with Crippen LogP contribution in [0.25, 0.3) is 21.7 Å². The van der Waals surface area contributed by atoms with Crippen molar-refractivity contribution in [3.63, 3.8) is 0 Å². The number of ether oxygens (including phenoxy) is 1. The summed E-state index contributed by atoms with van der Waals surface area (Å²) in [4.78, 5) is 32.1. The van der Waals surface area contributed by atoms with Crippen LogP contribution in [0, 0.1) is 0 Å². The molecule has 1 unspecified atom stereocenters. The molecule has 0 aliphatic carbocycles. The predicted molar refractivity (Wildman–Crippen MR) is 150 cm³/mol. The van der Waals surface area contributed by atoms with Crippen molar-refractivity contribution in [3.8, 4) is 0 Å². The zero-order chi connectivity index (χ0) is 26.4. The Labute approximate surface area is 222 Å². The number of fused-ring (bicyclic) bond motifs is 4. The van der Waals surface area contributed by atoms with E-state index in [1.54, 1.807) is 0 Å². The quantitative estimate of drug-likeness (QED) is 0.331. The van der Waals surface area contributed by atoms with Crippen LogP contribution in [0.1, 0.15) is 60.5 Å². The highest BCUT2D eigenvalue weighted by atomic mass is 16.5. The molecule has 196 valence electrons. The fourth-order valence-electron chi connectivity index (χ4n) is 5.78. The molecule has 4 aromatic rings. The number of benzene rings is 3. The van der Waals surface area contributed by atoms with Crippen molar-refractivity contribution in [1.29, 1.82) is 0 Å². The first-order valence-electron chi connectivity index (χ1n) is 13.5. The zero-order valence-corrected chi connectivity index (χ0v) is 22.3. The first-order chi connectivity index (χ1) is 18.3. The summed E-state index contributed by atoms with van der Waals surface area (Å²) in [6.07, 6.45) is 0.812. The SMILES string of the molecule is CC(C)(C)c1ccc(C2c3c(oc4c(ccc5ccccc54)c3=O)C(=O)N2CCCN2CCOCC2)cc1. The monoisotopic (exact) mass is 510 g/mol. The molecule has 1 saturated heterocycles. The lowest BCUT2D eigenvalue weighted by Gasteiger charge is -2.29. The summed E-state index contributed by atoms with van der Waals surface area (Å²) < 4.78 is 11.8. The number of carbonyl (C=O) groups is 1. The first-order valence-corrected chi connectivity index (χ1v) is 13.5. The van der Waals surface area contributed by atoms with Crippen molar-refractivity contribution in [1.82, 2.24) is 9.80 Å². The van der Waals surface area contributed by atoms with Gasteiger partial charge < -0.3 is 14.1 Å². The number of morpholine rings is 1. The second kappa shape index (κ2) is 9.68. The molecule has 1 amide bonds. The fraction of sp³-hybridized carbons (Fsp3) is 0.375. The molecule has 3 heterocycles. The van der Waals surface area contributed by atoms with E-state index in [9.17, 15) is 9.59 Å². The minimum Gasteiger partial charge on any atom is -0.450 e. The Morgan fingerprint density at radius 2 is 1.61 bits per heavy atom. The van der Waals surface area contributed by atoms with Crippen LogP contribution in [0.3, 0.4) is 0 Å². The van der Waals surface area contributed by atoms with Gasteiger partial charge in [0, 0.05) is 31.6 Å². The smallest absolute Gasteiger partial charge is 0.290 e. The lowest BCUT2D eigenvalue weighted by Crippen LogP contribution is -2.38. The Balaban J connectivity index is 1.44. The summed E-state index contributed by atoms with van der Waals surface area (Å²) in [5, 5.41) is 2.33. The molecule has 2 aliphatic heterocycles. The van der Waals surface area contributed by atoms with Crippen molar-refractivity contribution >= 4 is 27.6 Å². The lowest BCUT2D eigenvalue weighted by molar-refractivity contribution is 0.0353. The minimum atomic E-state index is -0.469. The van der Waals surface area contributed by atoms with Crippen LogP contribution in [0.15, 0.2) is 69.9 Å². The summed E-state index contributed by atoms with van der Waals surface area (Å²) in [5.41, 5.74) is 2.96. The third-order valence-corrected chi connectivity index (χ3v) is 7.93. The molecule has 3 aromatic carbocycles. The number of rotatable bonds is 5. The van der Waals surface area contributed by atoms with E-state index in [0.717, 1.165) is 55.6 Å². The number of nitrogens with zero attached hydrogens (tertiary/aromatic N) is 2. The Hall–Kier alpha value is -3.48. The van der Waals surface area contributed by atoms with Crippen molar-refractivity contribution in [2.45, 2.75) is 38.6 Å². The van der Waals surface area contributed by atoms with Gasteiger partial charge in [0.05, 0.1) is 30.2 Å². The highest BCUT2D eigenvalue weighted by molar-refractivity contribution is 6.06. The summed E-state index contributed by atoms with van der Waals surface area (Å²) in [5.74, 6) is -0.0334. The van der Waals surface area contributed by atoms with Crippen LogP contribution in [-0.4, -0.2) is 55.1 Å². The number of hydrogen-bond donors (Lipinski definition) is 0. The normalized spacial score (nSPS) is 18.4. The number of carbonyl (C=O) groups excluding carboxylic acids is 1. The fourth-order valence-corrected chi connectivity index (χ4v) is 5.78. The first kappa shape index (κ1) is 24.8. The molecule has 1 fully saturated rings. The molecule has 0 spiro atoms. The third-order valence-electron chi connectivity index (χ3n) is 7.93. The maximum Gasteiger partial charge on any atom is 0.290 e. The lowest BCUT2D eigenvalue weighted by atomic mass is 9.86. The van der Waals surface area contributed by atoms with Crippen LogP contribution < -0.4 is 5.43 Å². The van der Waals surface area contributed by atoms with Crippen LogP contribution in [0.2, 0.25) is 0 Å². The molecule has 0 saturated carbocycles. The summed E-state index contributed by atoms with van der Waals surface area (Å²) in [6.45, 7) is 11.3. The van der Waals surface area contributed by atoms with Gasteiger partial charge >= 0.3 is 0 Å². The molecule has 6 nitrogen and oxygen atoms in total. The van der Waals surface area contributed by atoms with E-state index < -0.39 is 6.04 Å². The van der Waals surface area contributed by atoms with Crippen molar-refractivity contribution in [2.24, 2.45) is 0 Å². The minimum absolute atomic E-state index is 0.00998. The van der Waals surface area contributed by atoms with E-state index in [4.69, 9.17) is 9.15 Å². The predicted octanol–water partition coefficient (Wildman–Crippen LogP) is 5.51. The van der Waals surface area contributed by atoms with Crippen LogP contribution in [0.4, 0.5) is 0 Å². The molecule has 1 aromatic heterocycles. The Morgan fingerprint density at radius 1 is 0.868 bits per heavy atom. The third kappa shape index (κ3) is 4.32. The van der Waals surface area contributed by atoms with Gasteiger partial charge in [0.15, 0.2) is 5.43 Å². The zero-order valence-electron chi connectivity index (χ0n) is 22.3. The highest BCUT2D eigenvalue weighted by Gasteiger charge is 2.42. The molecule has 6 heteroatoms. The molecule has 0 N–H and O–H groups in total. The molecule has 38 heavy (non-hydrogen) atoms. The molecule has 0 radical (unpaired) electrons. The van der Waals surface area contributed by atoms with Gasteiger partial charge in [0.1, 0.15) is 5.58 Å². The van der Waals surface area contributed by atoms with E-state index in [1.807, 2.05) is 41.3 Å². The van der Waals surface area contributed by atoms with Crippen molar-refractivity contribution < 1.29 is 13.9 Å². The van der Waals surface area contributed by atoms with Crippen molar-refractivity contribution in [2.75, 3.05) is 39.4 Å². The van der Waals surface area contributed by atoms with Crippen molar-refractivity contribution in [3.05, 3.63) is 93.3 Å². The second-order valence-electron chi connectivity index (χ2n) is 11.4. The van der Waals surface area contributed by atoms with Gasteiger partial charge in [-0.3, -0.25) is 14.5 Å². The number of amides is 1. The molecule has 0 bridgehead atoms. The van der Waals surface area contributed by atoms with E-state index in [-0.39, 0.29) is 22.5 Å². The average molecular weight is 511 g/mol. The van der Waals surface area contributed by atoms with E-state index in [1.165, 1.54) is 5.56 Å². The molecule has 2 aliphatic rings. The van der Waals surface area contributed by atoms with Gasteiger partial charge in [-0.1, -0.05) is 75.4 Å². The number of hydrogen-bond acceptors (Lipinski definition) is 5. The second-order valence-corrected chi connectivity index (χ2v) is 11.4. The average Bonchev–Trinajstić information content (AvgIpc) is 3.20. The van der Waals surface area contributed by atoms with Crippen LogP contribution in [-0.2, 0) is 10.2 Å². The standard InChI is InChI=1S/C32H34N2O4/c1-32(2,3)23-12-9-22(10-13-23)27-26-28(35)25-14-11-21-7-4-5-8-24(21)29(25)38-30(26)31(36)34(27)16-6-15-33-17-19-37-20-18-33/h4-5,7-14,27H,6,15-20H2,1-3H3. The highest BCUT2D eigenvalue weighted by Crippen LogP contribution is 2.40. The summed E-state index contributed by atoms with van der Waals surface area (Å²) >= 11 is 0. The maximum absolute atomic E-state index is 14.0. The Bertz CT molecular complexity index is 1560. The molecular weight excluding hydrogens is 476 g/mol. The summed E-state index contributed by atoms with van der Waals surface area (Å²) in [7, 11) is 0. The van der Waals surface area contributed by atoms with Crippen LogP contribution in [0.5, 0.6) is 0 Å². The topological polar surface area (TPSA) is 63.0 Å². The van der Waals surface area contributed by atoms with Gasteiger partial charge in [-0.15, -0.1) is 0 Å². The van der Waals surface area contributed by atoms with Gasteiger partial charge in [0.2, 0.25) is 5.76 Å². The van der Waals surface area contributed by atoms with E-state index in [2.05, 4.69) is 49.9 Å². The van der Waals surface area contributed by atoms with E-state index >= 15 is 0 Å². The Kier molecular flexibility index (Phi) is 6.33. The van der Waals surface area contributed by atoms with Gasteiger partial charge in [-0.2, -0.15) is 0 Å².